The van der Waals surface area contributed by atoms with Gasteiger partial charge in [0.2, 0.25) is 5.91 Å². The molecule has 1 atom stereocenters. The first-order valence-electron chi connectivity index (χ1n) is 8.12. The van der Waals surface area contributed by atoms with Crippen molar-refractivity contribution < 1.29 is 19.1 Å². The van der Waals surface area contributed by atoms with Gasteiger partial charge in [-0.05, 0) is 37.3 Å². The van der Waals surface area contributed by atoms with Crippen LogP contribution in [0.3, 0.4) is 0 Å². The van der Waals surface area contributed by atoms with Crippen LogP contribution in [0.25, 0.3) is 0 Å². The number of benzene rings is 1. The molecule has 0 saturated carbocycles. The number of ether oxygens (including phenoxy) is 1. The Bertz CT molecular complexity index is 889. The van der Waals surface area contributed by atoms with Gasteiger partial charge in [-0.3, -0.25) is 9.59 Å². The van der Waals surface area contributed by atoms with Gasteiger partial charge in [0, 0.05) is 23.3 Å². The number of anilines is 2. The van der Waals surface area contributed by atoms with E-state index in [9.17, 15) is 14.4 Å². The molecule has 0 aliphatic carbocycles. The van der Waals surface area contributed by atoms with Crippen LogP contribution in [0.15, 0.2) is 41.4 Å². The molecule has 1 aromatic carbocycles. The molecular weight excluding hydrogens is 390 g/mol. The number of nitrogens with zero attached hydrogens (tertiary/aromatic N) is 1. The van der Waals surface area contributed by atoms with Gasteiger partial charge in [-0.2, -0.15) is 0 Å². The zero-order chi connectivity index (χ0) is 19.4. The second kappa shape index (κ2) is 8.41. The van der Waals surface area contributed by atoms with Gasteiger partial charge in [0.25, 0.3) is 5.91 Å². The van der Waals surface area contributed by atoms with Gasteiger partial charge < -0.3 is 15.4 Å². The standard InChI is InChI=1S/C18H16ClN3O4S/c1-10(17(24)22-15-5-3-12(19)9-20-15)26-18(25)11-2-4-14-13(8-11)21-16(23)6-7-27-14/h2-5,8-10H,6-7H2,1H3,(H,21,23)(H,20,22,24)/t10-/m1/s1. The number of hydrogen-bond donors (Lipinski definition) is 2. The third-order valence-electron chi connectivity index (χ3n) is 3.71. The Kier molecular flexibility index (Phi) is 5.98. The van der Waals surface area contributed by atoms with Crippen LogP contribution in [0.2, 0.25) is 5.02 Å². The number of hydrogen-bond acceptors (Lipinski definition) is 6. The molecule has 0 spiro atoms. The molecule has 1 aromatic heterocycles. The number of fused-ring (bicyclic) bond motifs is 1. The van der Waals surface area contributed by atoms with Crippen molar-refractivity contribution in [3.05, 3.63) is 47.1 Å². The predicted octanol–water partition coefficient (Wildman–Crippen LogP) is 3.35. The Morgan fingerprint density at radius 3 is 2.89 bits per heavy atom. The number of thioether (sulfide) groups is 1. The van der Waals surface area contributed by atoms with Crippen LogP contribution in [0.4, 0.5) is 11.5 Å². The summed E-state index contributed by atoms with van der Waals surface area (Å²) < 4.78 is 5.22. The molecule has 3 rings (SSSR count). The molecule has 2 heterocycles. The zero-order valence-corrected chi connectivity index (χ0v) is 15.9. The molecule has 1 aliphatic heterocycles. The minimum atomic E-state index is -1.03. The van der Waals surface area contributed by atoms with Crippen molar-refractivity contribution in [2.24, 2.45) is 0 Å². The Morgan fingerprint density at radius 1 is 1.33 bits per heavy atom. The Labute approximate surface area is 164 Å². The van der Waals surface area contributed by atoms with Gasteiger partial charge in [0.15, 0.2) is 6.10 Å². The summed E-state index contributed by atoms with van der Waals surface area (Å²) in [6.45, 7) is 1.46. The number of pyridine rings is 1. The van der Waals surface area contributed by atoms with Crippen molar-refractivity contribution in [2.75, 3.05) is 16.4 Å². The smallest absolute Gasteiger partial charge is 0.338 e. The topological polar surface area (TPSA) is 97.4 Å². The molecule has 2 aromatic rings. The van der Waals surface area contributed by atoms with Crippen LogP contribution < -0.4 is 10.6 Å². The lowest BCUT2D eigenvalue weighted by molar-refractivity contribution is -0.123. The molecule has 2 N–H and O–H groups in total. The second-order valence-electron chi connectivity index (χ2n) is 5.76. The van der Waals surface area contributed by atoms with Crippen molar-refractivity contribution in [2.45, 2.75) is 24.3 Å². The van der Waals surface area contributed by atoms with Crippen LogP contribution in [0.5, 0.6) is 0 Å². The quantitative estimate of drug-likeness (QED) is 0.757. The molecular formula is C18H16ClN3O4S. The van der Waals surface area contributed by atoms with E-state index in [4.69, 9.17) is 16.3 Å². The summed E-state index contributed by atoms with van der Waals surface area (Å²) >= 11 is 7.28. The fourth-order valence-electron chi connectivity index (χ4n) is 2.31. The van der Waals surface area contributed by atoms with Crippen LogP contribution in [0.1, 0.15) is 23.7 Å². The minimum Gasteiger partial charge on any atom is -0.449 e. The maximum atomic E-state index is 12.4. The van der Waals surface area contributed by atoms with E-state index in [1.54, 1.807) is 30.3 Å². The van der Waals surface area contributed by atoms with E-state index < -0.39 is 18.0 Å². The largest absolute Gasteiger partial charge is 0.449 e. The number of aromatic nitrogens is 1. The van der Waals surface area contributed by atoms with E-state index >= 15 is 0 Å². The van der Waals surface area contributed by atoms with Crippen molar-refractivity contribution in [1.29, 1.82) is 0 Å². The first-order valence-corrected chi connectivity index (χ1v) is 9.49. The maximum absolute atomic E-state index is 12.4. The van der Waals surface area contributed by atoms with E-state index in [1.807, 2.05) is 0 Å². The van der Waals surface area contributed by atoms with Crippen LogP contribution in [-0.2, 0) is 14.3 Å². The molecule has 0 saturated heterocycles. The van der Waals surface area contributed by atoms with Crippen LogP contribution >= 0.6 is 23.4 Å². The fraction of sp³-hybridized carbons (Fsp3) is 0.222. The number of esters is 1. The molecule has 0 unspecified atom stereocenters. The van der Waals surface area contributed by atoms with Gasteiger partial charge in [0.1, 0.15) is 5.82 Å². The lowest BCUT2D eigenvalue weighted by Gasteiger charge is -2.14. The fourth-order valence-corrected chi connectivity index (χ4v) is 3.36. The summed E-state index contributed by atoms with van der Waals surface area (Å²) in [6, 6.07) is 8.05. The lowest BCUT2D eigenvalue weighted by atomic mass is 10.2. The van der Waals surface area contributed by atoms with E-state index in [2.05, 4.69) is 15.6 Å². The Hall–Kier alpha value is -2.58. The molecule has 140 valence electrons. The summed E-state index contributed by atoms with van der Waals surface area (Å²) in [5, 5.41) is 5.75. The lowest BCUT2D eigenvalue weighted by Crippen LogP contribution is -2.30. The van der Waals surface area contributed by atoms with Crippen LogP contribution in [0, 0.1) is 0 Å². The van der Waals surface area contributed by atoms with E-state index in [0.29, 0.717) is 28.7 Å². The molecule has 2 amide bonds. The van der Waals surface area contributed by atoms with E-state index in [0.717, 1.165) is 4.90 Å². The number of rotatable bonds is 4. The monoisotopic (exact) mass is 405 g/mol. The number of carbonyl (C=O) groups excluding carboxylic acids is 3. The highest BCUT2D eigenvalue weighted by Gasteiger charge is 2.21. The van der Waals surface area contributed by atoms with E-state index in [1.165, 1.54) is 24.9 Å². The van der Waals surface area contributed by atoms with Crippen molar-refractivity contribution >= 4 is 52.7 Å². The number of nitrogens with one attached hydrogen (secondary N) is 2. The third kappa shape index (κ3) is 4.99. The van der Waals surface area contributed by atoms with Gasteiger partial charge >= 0.3 is 5.97 Å². The van der Waals surface area contributed by atoms with Crippen molar-refractivity contribution in [3.63, 3.8) is 0 Å². The third-order valence-corrected chi connectivity index (χ3v) is 5.01. The average Bonchev–Trinajstić information content (AvgIpc) is 2.83. The number of halogens is 1. The summed E-state index contributed by atoms with van der Waals surface area (Å²) in [6.07, 6.45) is 0.781. The Balaban J connectivity index is 1.65. The average molecular weight is 406 g/mol. The molecule has 7 nitrogen and oxygen atoms in total. The highest BCUT2D eigenvalue weighted by Crippen LogP contribution is 2.31. The minimum absolute atomic E-state index is 0.102. The summed E-state index contributed by atoms with van der Waals surface area (Å²) in [5.41, 5.74) is 0.820. The van der Waals surface area contributed by atoms with Crippen LogP contribution in [-0.4, -0.2) is 34.6 Å². The predicted molar refractivity (Wildman–Crippen MR) is 103 cm³/mol. The van der Waals surface area contributed by atoms with Crippen molar-refractivity contribution in [1.82, 2.24) is 4.98 Å². The Morgan fingerprint density at radius 2 is 2.15 bits per heavy atom. The molecule has 27 heavy (non-hydrogen) atoms. The van der Waals surface area contributed by atoms with Crippen molar-refractivity contribution in [3.8, 4) is 0 Å². The first-order chi connectivity index (χ1) is 12.9. The zero-order valence-electron chi connectivity index (χ0n) is 14.3. The molecule has 9 heteroatoms. The molecule has 0 bridgehead atoms. The number of amides is 2. The van der Waals surface area contributed by atoms with Gasteiger partial charge in [-0.25, -0.2) is 9.78 Å². The normalized spacial score (nSPS) is 14.4. The SMILES string of the molecule is C[C@@H](OC(=O)c1ccc2c(c1)NC(=O)CCS2)C(=O)Nc1ccc(Cl)cn1. The van der Waals surface area contributed by atoms with E-state index in [-0.39, 0.29) is 11.5 Å². The molecule has 0 radical (unpaired) electrons. The number of carbonyl (C=O) groups is 3. The second-order valence-corrected chi connectivity index (χ2v) is 7.33. The first kappa shape index (κ1) is 19.2. The molecule has 0 fully saturated rings. The van der Waals surface area contributed by atoms with Gasteiger partial charge in [0.05, 0.1) is 16.3 Å². The summed E-state index contributed by atoms with van der Waals surface area (Å²) in [7, 11) is 0. The summed E-state index contributed by atoms with van der Waals surface area (Å²) in [4.78, 5) is 41.0. The van der Waals surface area contributed by atoms with Gasteiger partial charge in [-0.1, -0.05) is 11.6 Å². The highest BCUT2D eigenvalue weighted by molar-refractivity contribution is 7.99. The van der Waals surface area contributed by atoms with Gasteiger partial charge in [-0.15, -0.1) is 11.8 Å². The highest BCUT2D eigenvalue weighted by atomic mass is 35.5. The maximum Gasteiger partial charge on any atom is 0.338 e. The molecule has 1 aliphatic rings. The summed E-state index contributed by atoms with van der Waals surface area (Å²) in [5.74, 6) is -0.296.